The van der Waals surface area contributed by atoms with Crippen molar-refractivity contribution in [2.24, 2.45) is 0 Å². The molecule has 2 N–H and O–H groups in total. The van der Waals surface area contributed by atoms with Gasteiger partial charge in [-0.2, -0.15) is 0 Å². The van der Waals surface area contributed by atoms with E-state index in [1.807, 2.05) is 13.0 Å². The van der Waals surface area contributed by atoms with Crippen LogP contribution in [0.2, 0.25) is 0 Å². The molecule has 0 amide bonds. The molecule has 82 valence electrons. The van der Waals surface area contributed by atoms with Gasteiger partial charge in [-0.05, 0) is 43.0 Å². The Hall–Kier alpha value is -0.930. The summed E-state index contributed by atoms with van der Waals surface area (Å²) in [5, 5.41) is 12.3. The summed E-state index contributed by atoms with van der Waals surface area (Å²) in [5.74, 6) is -0.181. The van der Waals surface area contributed by atoms with Crippen molar-refractivity contribution in [2.75, 3.05) is 6.61 Å². The number of aryl methyl sites for hydroxylation is 1. The zero-order valence-electron chi connectivity index (χ0n) is 8.83. The van der Waals surface area contributed by atoms with E-state index in [1.54, 1.807) is 6.07 Å². The van der Waals surface area contributed by atoms with Crippen molar-refractivity contribution < 1.29 is 9.50 Å². The number of aliphatic hydroxyl groups excluding tert-OH is 1. The Kier molecular flexibility index (Phi) is 3.03. The highest BCUT2D eigenvalue weighted by Gasteiger charge is 2.23. The van der Waals surface area contributed by atoms with Crippen LogP contribution in [0.15, 0.2) is 18.2 Å². The Morgan fingerprint density at radius 2 is 2.40 bits per heavy atom. The fraction of sp³-hybridized carbons (Fsp3) is 0.500. The molecule has 0 bridgehead atoms. The monoisotopic (exact) mass is 209 g/mol. The first-order valence-corrected chi connectivity index (χ1v) is 5.36. The fourth-order valence-electron chi connectivity index (χ4n) is 2.14. The van der Waals surface area contributed by atoms with E-state index >= 15 is 0 Å². The van der Waals surface area contributed by atoms with Crippen molar-refractivity contribution in [2.45, 2.75) is 31.8 Å². The Morgan fingerprint density at radius 3 is 3.13 bits per heavy atom. The second-order valence-corrected chi connectivity index (χ2v) is 4.18. The van der Waals surface area contributed by atoms with Crippen molar-refractivity contribution in [3.05, 3.63) is 35.1 Å². The standard InChI is InChI=1S/C12H16FNO/c1-8(7-15)14-12-5-3-9-2-4-10(13)6-11(9)12/h2,4,6,8,12,14-15H,3,5,7H2,1H3/t8-,12?/m1/s1. The third kappa shape index (κ3) is 2.19. The van der Waals surface area contributed by atoms with E-state index in [0.29, 0.717) is 0 Å². The lowest BCUT2D eigenvalue weighted by molar-refractivity contribution is 0.240. The third-order valence-corrected chi connectivity index (χ3v) is 2.95. The number of aliphatic hydroxyl groups is 1. The van der Waals surface area contributed by atoms with Crippen LogP contribution < -0.4 is 5.32 Å². The Balaban J connectivity index is 2.16. The summed E-state index contributed by atoms with van der Waals surface area (Å²) in [6, 6.07) is 5.22. The van der Waals surface area contributed by atoms with Crippen LogP contribution in [0.3, 0.4) is 0 Å². The van der Waals surface area contributed by atoms with Gasteiger partial charge in [0.15, 0.2) is 0 Å². The summed E-state index contributed by atoms with van der Waals surface area (Å²) in [4.78, 5) is 0. The zero-order chi connectivity index (χ0) is 10.8. The minimum atomic E-state index is -0.181. The largest absolute Gasteiger partial charge is 0.395 e. The van der Waals surface area contributed by atoms with Gasteiger partial charge in [-0.25, -0.2) is 4.39 Å². The molecule has 2 rings (SSSR count). The molecule has 0 spiro atoms. The molecule has 0 fully saturated rings. The molecule has 1 unspecified atom stereocenters. The molecule has 1 aromatic rings. The molecule has 0 heterocycles. The molecule has 3 heteroatoms. The molecular formula is C12H16FNO. The first-order chi connectivity index (χ1) is 7.20. The maximum absolute atomic E-state index is 13.1. The molecule has 0 saturated heterocycles. The van der Waals surface area contributed by atoms with Crippen molar-refractivity contribution in [3.63, 3.8) is 0 Å². The first kappa shape index (κ1) is 10.6. The number of hydrogen-bond donors (Lipinski definition) is 2. The summed E-state index contributed by atoms with van der Waals surface area (Å²) in [7, 11) is 0. The van der Waals surface area contributed by atoms with Gasteiger partial charge in [-0.3, -0.25) is 0 Å². The molecule has 0 aromatic heterocycles. The first-order valence-electron chi connectivity index (χ1n) is 5.36. The van der Waals surface area contributed by atoms with Crippen LogP contribution in [0.1, 0.15) is 30.5 Å². The predicted octanol–water partition coefficient (Wildman–Crippen LogP) is 1.78. The average molecular weight is 209 g/mol. The molecule has 0 saturated carbocycles. The van der Waals surface area contributed by atoms with Gasteiger partial charge in [0.05, 0.1) is 6.61 Å². The van der Waals surface area contributed by atoms with Gasteiger partial charge in [0.1, 0.15) is 5.82 Å². The Morgan fingerprint density at radius 1 is 1.60 bits per heavy atom. The minimum Gasteiger partial charge on any atom is -0.395 e. The van der Waals surface area contributed by atoms with Gasteiger partial charge in [0.25, 0.3) is 0 Å². The molecule has 0 radical (unpaired) electrons. The van der Waals surface area contributed by atoms with Crippen LogP contribution in [0, 0.1) is 5.82 Å². The van der Waals surface area contributed by atoms with E-state index in [1.165, 1.54) is 11.6 Å². The summed E-state index contributed by atoms with van der Waals surface area (Å²) >= 11 is 0. The maximum Gasteiger partial charge on any atom is 0.123 e. The van der Waals surface area contributed by atoms with Crippen molar-refractivity contribution in [1.82, 2.24) is 5.32 Å². The summed E-state index contributed by atoms with van der Waals surface area (Å²) in [6.07, 6.45) is 1.98. The van der Waals surface area contributed by atoms with Crippen LogP contribution in [0.25, 0.3) is 0 Å². The van der Waals surface area contributed by atoms with Crippen LogP contribution >= 0.6 is 0 Å². The van der Waals surface area contributed by atoms with Gasteiger partial charge in [0.2, 0.25) is 0 Å². The second kappa shape index (κ2) is 4.29. The van der Waals surface area contributed by atoms with Crippen molar-refractivity contribution >= 4 is 0 Å². The van der Waals surface area contributed by atoms with E-state index in [2.05, 4.69) is 5.32 Å². The highest BCUT2D eigenvalue weighted by molar-refractivity contribution is 5.35. The van der Waals surface area contributed by atoms with Crippen LogP contribution in [-0.2, 0) is 6.42 Å². The van der Waals surface area contributed by atoms with Crippen LogP contribution in [0.4, 0.5) is 4.39 Å². The normalized spacial score (nSPS) is 21.4. The van der Waals surface area contributed by atoms with Gasteiger partial charge in [-0.1, -0.05) is 6.07 Å². The molecule has 1 aromatic carbocycles. The number of nitrogens with one attached hydrogen (secondary N) is 1. The number of rotatable bonds is 3. The van der Waals surface area contributed by atoms with E-state index < -0.39 is 0 Å². The Bertz CT molecular complexity index is 353. The average Bonchev–Trinajstić information content (AvgIpc) is 2.61. The molecule has 1 aliphatic carbocycles. The third-order valence-electron chi connectivity index (χ3n) is 2.95. The predicted molar refractivity (Wildman–Crippen MR) is 57.1 cm³/mol. The van der Waals surface area contributed by atoms with Gasteiger partial charge in [0, 0.05) is 12.1 Å². The number of benzene rings is 1. The minimum absolute atomic E-state index is 0.0595. The highest BCUT2D eigenvalue weighted by atomic mass is 19.1. The number of fused-ring (bicyclic) bond motifs is 1. The van der Waals surface area contributed by atoms with Gasteiger partial charge < -0.3 is 10.4 Å². The summed E-state index contributed by atoms with van der Waals surface area (Å²) < 4.78 is 13.1. The topological polar surface area (TPSA) is 32.3 Å². The van der Waals surface area contributed by atoms with E-state index in [0.717, 1.165) is 18.4 Å². The van der Waals surface area contributed by atoms with Crippen molar-refractivity contribution in [1.29, 1.82) is 0 Å². The highest BCUT2D eigenvalue weighted by Crippen LogP contribution is 2.31. The zero-order valence-corrected chi connectivity index (χ0v) is 8.83. The SMILES string of the molecule is C[C@H](CO)NC1CCc2ccc(F)cc21. The maximum atomic E-state index is 13.1. The van der Waals surface area contributed by atoms with Gasteiger partial charge in [-0.15, -0.1) is 0 Å². The summed E-state index contributed by atoms with van der Waals surface area (Å²) in [6.45, 7) is 2.04. The van der Waals surface area contributed by atoms with E-state index in [4.69, 9.17) is 5.11 Å². The molecule has 2 atom stereocenters. The lowest BCUT2D eigenvalue weighted by Crippen LogP contribution is -2.32. The lowest BCUT2D eigenvalue weighted by Gasteiger charge is -2.18. The van der Waals surface area contributed by atoms with E-state index in [-0.39, 0.29) is 24.5 Å². The molecule has 1 aliphatic rings. The molecule has 0 aliphatic heterocycles. The van der Waals surface area contributed by atoms with Crippen molar-refractivity contribution in [3.8, 4) is 0 Å². The van der Waals surface area contributed by atoms with Crippen LogP contribution in [-0.4, -0.2) is 17.8 Å². The van der Waals surface area contributed by atoms with E-state index in [9.17, 15) is 4.39 Å². The van der Waals surface area contributed by atoms with Crippen LogP contribution in [0.5, 0.6) is 0 Å². The molecular weight excluding hydrogens is 193 g/mol. The smallest absolute Gasteiger partial charge is 0.123 e. The fourth-order valence-corrected chi connectivity index (χ4v) is 2.14. The number of halogens is 1. The molecule has 2 nitrogen and oxygen atoms in total. The lowest BCUT2D eigenvalue weighted by atomic mass is 10.1. The Labute approximate surface area is 89.1 Å². The molecule has 15 heavy (non-hydrogen) atoms. The summed E-state index contributed by atoms with van der Waals surface area (Å²) in [5.41, 5.74) is 2.27. The quantitative estimate of drug-likeness (QED) is 0.795. The number of hydrogen-bond acceptors (Lipinski definition) is 2. The van der Waals surface area contributed by atoms with Gasteiger partial charge >= 0.3 is 0 Å². The second-order valence-electron chi connectivity index (χ2n) is 4.18.